The van der Waals surface area contributed by atoms with Crippen LogP contribution in [-0.2, 0) is 6.18 Å². The molecule has 0 aliphatic rings. The van der Waals surface area contributed by atoms with E-state index in [9.17, 15) is 17.6 Å². The van der Waals surface area contributed by atoms with E-state index in [1.165, 1.54) is 6.20 Å². The Morgan fingerprint density at radius 3 is 2.47 bits per heavy atom. The largest absolute Gasteiger partial charge is 0.416 e. The van der Waals surface area contributed by atoms with Gasteiger partial charge in [0, 0.05) is 22.7 Å². The average Bonchev–Trinajstić information content (AvgIpc) is 2.76. The minimum atomic E-state index is -4.59. The van der Waals surface area contributed by atoms with Crippen molar-refractivity contribution in [2.45, 2.75) is 19.1 Å². The second-order valence-corrected chi connectivity index (χ2v) is 5.15. The Labute approximate surface area is 110 Å². The van der Waals surface area contributed by atoms with E-state index in [-0.39, 0.29) is 11.6 Å². The van der Waals surface area contributed by atoms with Crippen LogP contribution in [0.1, 0.15) is 23.4 Å². The Hall–Kier alpha value is -1.47. The molecule has 0 fully saturated rings. The summed E-state index contributed by atoms with van der Waals surface area (Å²) in [5.74, 6) is -0.942. The summed E-state index contributed by atoms with van der Waals surface area (Å²) in [7, 11) is 0. The Morgan fingerprint density at radius 1 is 1.26 bits per heavy atom. The van der Waals surface area contributed by atoms with Crippen LogP contribution in [0.25, 0.3) is 10.6 Å². The normalized spacial score (nSPS) is 13.6. The molecule has 1 aromatic carbocycles. The predicted octanol–water partition coefficient (Wildman–Crippen LogP) is 3.99. The van der Waals surface area contributed by atoms with Gasteiger partial charge in [0.25, 0.3) is 0 Å². The monoisotopic (exact) mass is 290 g/mol. The first-order chi connectivity index (χ1) is 8.77. The smallest absolute Gasteiger partial charge is 0.323 e. The van der Waals surface area contributed by atoms with Crippen molar-refractivity contribution in [3.8, 4) is 10.6 Å². The van der Waals surface area contributed by atoms with Gasteiger partial charge in [-0.25, -0.2) is 9.37 Å². The molecule has 7 heteroatoms. The molecule has 1 atom stereocenters. The minimum Gasteiger partial charge on any atom is -0.323 e. The van der Waals surface area contributed by atoms with E-state index in [4.69, 9.17) is 5.73 Å². The summed E-state index contributed by atoms with van der Waals surface area (Å²) in [6.45, 7) is 1.74. The van der Waals surface area contributed by atoms with E-state index in [2.05, 4.69) is 4.98 Å². The number of rotatable bonds is 2. The van der Waals surface area contributed by atoms with E-state index < -0.39 is 17.6 Å². The third-order valence-corrected chi connectivity index (χ3v) is 3.69. The third kappa shape index (κ3) is 3.10. The predicted molar refractivity (Wildman–Crippen MR) is 65.1 cm³/mol. The molecule has 1 heterocycles. The summed E-state index contributed by atoms with van der Waals surface area (Å²) < 4.78 is 51.0. The number of hydrogen-bond acceptors (Lipinski definition) is 3. The van der Waals surface area contributed by atoms with Gasteiger partial charge in [0.2, 0.25) is 0 Å². The van der Waals surface area contributed by atoms with Crippen LogP contribution in [0.5, 0.6) is 0 Å². The van der Waals surface area contributed by atoms with Crippen molar-refractivity contribution in [2.75, 3.05) is 0 Å². The van der Waals surface area contributed by atoms with Crippen molar-refractivity contribution < 1.29 is 17.6 Å². The molecule has 2 rings (SSSR count). The lowest BCUT2D eigenvalue weighted by atomic mass is 10.1. The van der Waals surface area contributed by atoms with Crippen molar-refractivity contribution in [1.29, 1.82) is 0 Å². The number of nitrogens with two attached hydrogens (primary N) is 1. The van der Waals surface area contributed by atoms with Gasteiger partial charge in [-0.2, -0.15) is 13.2 Å². The van der Waals surface area contributed by atoms with Crippen LogP contribution < -0.4 is 5.73 Å². The van der Waals surface area contributed by atoms with Crippen molar-refractivity contribution in [1.82, 2.24) is 4.98 Å². The zero-order valence-corrected chi connectivity index (χ0v) is 10.6. The Kier molecular flexibility index (Phi) is 3.60. The number of nitrogens with zero attached hydrogens (tertiary/aromatic N) is 1. The van der Waals surface area contributed by atoms with E-state index in [0.717, 1.165) is 28.3 Å². The Morgan fingerprint density at radius 2 is 1.95 bits per heavy atom. The molecule has 0 saturated carbocycles. The van der Waals surface area contributed by atoms with Gasteiger partial charge in [-0.05, 0) is 25.1 Å². The van der Waals surface area contributed by atoms with Crippen molar-refractivity contribution in [3.63, 3.8) is 0 Å². The van der Waals surface area contributed by atoms with Crippen molar-refractivity contribution >= 4 is 11.3 Å². The molecule has 0 bridgehead atoms. The van der Waals surface area contributed by atoms with E-state index in [1.54, 1.807) is 6.92 Å². The van der Waals surface area contributed by atoms with Gasteiger partial charge in [-0.15, -0.1) is 11.3 Å². The number of halogens is 4. The molecule has 102 valence electrons. The Bertz CT molecular complexity index is 590. The fourth-order valence-corrected chi connectivity index (χ4v) is 2.36. The molecule has 0 aliphatic heterocycles. The first kappa shape index (κ1) is 14.0. The summed E-state index contributed by atoms with van der Waals surface area (Å²) in [5, 5.41) is 0.317. The molecule has 2 aromatic rings. The highest BCUT2D eigenvalue weighted by molar-refractivity contribution is 7.15. The minimum absolute atomic E-state index is 0.101. The number of benzene rings is 1. The van der Waals surface area contributed by atoms with Crippen LogP contribution in [-0.4, -0.2) is 4.98 Å². The van der Waals surface area contributed by atoms with Crippen LogP contribution in [0.15, 0.2) is 24.4 Å². The quantitative estimate of drug-likeness (QED) is 0.849. The van der Waals surface area contributed by atoms with Crippen molar-refractivity contribution in [2.24, 2.45) is 5.73 Å². The standard InChI is InChI=1S/C12H10F4N2S/c1-6(17)10-5-18-11(19-10)7-2-8(12(14,15)16)4-9(13)3-7/h2-6H,17H2,1H3. The fraction of sp³-hybridized carbons (Fsp3) is 0.250. The molecule has 2 nitrogen and oxygen atoms in total. The van der Waals surface area contributed by atoms with Gasteiger partial charge >= 0.3 is 6.18 Å². The summed E-state index contributed by atoms with van der Waals surface area (Å²) >= 11 is 1.15. The summed E-state index contributed by atoms with van der Waals surface area (Å²) in [6, 6.07) is 2.11. The SMILES string of the molecule is CC(N)c1cnc(-c2cc(F)cc(C(F)(F)F)c2)s1. The first-order valence-electron chi connectivity index (χ1n) is 5.37. The zero-order chi connectivity index (χ0) is 14.2. The molecule has 1 aromatic heterocycles. The maximum Gasteiger partial charge on any atom is 0.416 e. The highest BCUT2D eigenvalue weighted by atomic mass is 32.1. The fourth-order valence-electron chi connectivity index (χ4n) is 1.51. The molecular formula is C12H10F4N2S. The van der Waals surface area contributed by atoms with Crippen LogP contribution in [0.4, 0.5) is 17.6 Å². The van der Waals surface area contributed by atoms with Gasteiger partial charge in [-0.3, -0.25) is 0 Å². The van der Waals surface area contributed by atoms with E-state index in [1.807, 2.05) is 0 Å². The van der Waals surface area contributed by atoms with Gasteiger partial charge in [0.05, 0.1) is 5.56 Å². The van der Waals surface area contributed by atoms with Crippen molar-refractivity contribution in [3.05, 3.63) is 40.7 Å². The molecule has 0 saturated heterocycles. The molecule has 1 unspecified atom stereocenters. The first-order valence-corrected chi connectivity index (χ1v) is 6.18. The highest BCUT2D eigenvalue weighted by Gasteiger charge is 2.31. The maximum absolute atomic E-state index is 13.3. The molecule has 0 spiro atoms. The van der Waals surface area contributed by atoms with Crippen LogP contribution >= 0.6 is 11.3 Å². The number of aromatic nitrogens is 1. The lowest BCUT2D eigenvalue weighted by Crippen LogP contribution is -2.05. The lowest BCUT2D eigenvalue weighted by molar-refractivity contribution is -0.137. The molecule has 2 N–H and O–H groups in total. The van der Waals surface area contributed by atoms with Gasteiger partial charge in [0.1, 0.15) is 10.8 Å². The number of hydrogen-bond donors (Lipinski definition) is 1. The van der Waals surface area contributed by atoms with E-state index in [0.29, 0.717) is 11.1 Å². The summed E-state index contributed by atoms with van der Waals surface area (Å²) in [4.78, 5) is 4.71. The molecular weight excluding hydrogens is 280 g/mol. The molecule has 0 aliphatic carbocycles. The van der Waals surface area contributed by atoms with Gasteiger partial charge in [0.15, 0.2) is 0 Å². The summed E-state index contributed by atoms with van der Waals surface area (Å²) in [6.07, 6.45) is -3.10. The van der Waals surface area contributed by atoms with E-state index >= 15 is 0 Å². The third-order valence-electron chi connectivity index (χ3n) is 2.44. The molecule has 19 heavy (non-hydrogen) atoms. The zero-order valence-electron chi connectivity index (χ0n) is 9.83. The Balaban J connectivity index is 2.47. The van der Waals surface area contributed by atoms with Gasteiger partial charge < -0.3 is 5.73 Å². The second kappa shape index (κ2) is 4.90. The van der Waals surface area contributed by atoms with Crippen LogP contribution in [0, 0.1) is 5.82 Å². The average molecular weight is 290 g/mol. The number of alkyl halides is 3. The van der Waals surface area contributed by atoms with Crippen LogP contribution in [0.3, 0.4) is 0 Å². The highest BCUT2D eigenvalue weighted by Crippen LogP contribution is 2.34. The lowest BCUT2D eigenvalue weighted by Gasteiger charge is -2.08. The topological polar surface area (TPSA) is 38.9 Å². The maximum atomic E-state index is 13.3. The second-order valence-electron chi connectivity index (χ2n) is 4.08. The molecule has 0 radical (unpaired) electrons. The summed E-state index contributed by atoms with van der Waals surface area (Å²) in [5.41, 5.74) is 4.72. The van der Waals surface area contributed by atoms with Gasteiger partial charge in [-0.1, -0.05) is 0 Å². The van der Waals surface area contributed by atoms with Crippen LogP contribution in [0.2, 0.25) is 0 Å². The number of thiazole rings is 1. The molecule has 0 amide bonds.